The SMILES string of the molecule is Cc1c(N)cc(Br)cc1C(=O)NCCC(C)C. The summed E-state index contributed by atoms with van der Waals surface area (Å²) in [6, 6.07) is 3.61. The first-order chi connectivity index (χ1) is 7.91. The summed E-state index contributed by atoms with van der Waals surface area (Å²) in [5.41, 5.74) is 7.93. The Hall–Kier alpha value is -1.03. The highest BCUT2D eigenvalue weighted by Gasteiger charge is 2.11. The van der Waals surface area contributed by atoms with E-state index in [0.29, 0.717) is 23.7 Å². The number of hydrogen-bond donors (Lipinski definition) is 2. The number of nitrogen functional groups attached to an aromatic ring is 1. The quantitative estimate of drug-likeness (QED) is 0.839. The Balaban J connectivity index is 2.75. The van der Waals surface area contributed by atoms with Crippen LogP contribution in [0.15, 0.2) is 16.6 Å². The second-order valence-electron chi connectivity index (χ2n) is 4.61. The second kappa shape index (κ2) is 6.05. The first kappa shape index (κ1) is 14.0. The van der Waals surface area contributed by atoms with Gasteiger partial charge in [0, 0.05) is 22.3 Å². The molecule has 0 radical (unpaired) electrons. The number of anilines is 1. The van der Waals surface area contributed by atoms with Crippen LogP contribution >= 0.6 is 15.9 Å². The number of rotatable bonds is 4. The summed E-state index contributed by atoms with van der Waals surface area (Å²) in [7, 11) is 0. The van der Waals surface area contributed by atoms with Crippen LogP contribution in [0.1, 0.15) is 36.2 Å². The Labute approximate surface area is 111 Å². The van der Waals surface area contributed by atoms with Gasteiger partial charge in [0.2, 0.25) is 0 Å². The zero-order valence-electron chi connectivity index (χ0n) is 10.5. The average molecular weight is 299 g/mol. The maximum Gasteiger partial charge on any atom is 0.251 e. The van der Waals surface area contributed by atoms with Crippen molar-refractivity contribution in [1.82, 2.24) is 5.32 Å². The highest BCUT2D eigenvalue weighted by Crippen LogP contribution is 2.22. The minimum atomic E-state index is -0.0591. The molecule has 0 aromatic heterocycles. The van der Waals surface area contributed by atoms with Crippen molar-refractivity contribution in [3.05, 3.63) is 27.7 Å². The molecule has 0 bridgehead atoms. The largest absolute Gasteiger partial charge is 0.398 e. The predicted molar refractivity (Wildman–Crippen MR) is 75.1 cm³/mol. The minimum Gasteiger partial charge on any atom is -0.398 e. The lowest BCUT2D eigenvalue weighted by molar-refractivity contribution is 0.0951. The molecule has 0 unspecified atom stereocenters. The van der Waals surface area contributed by atoms with E-state index in [1.807, 2.05) is 6.92 Å². The number of halogens is 1. The molecule has 0 aliphatic rings. The van der Waals surface area contributed by atoms with Crippen LogP contribution in [0.4, 0.5) is 5.69 Å². The molecule has 94 valence electrons. The van der Waals surface area contributed by atoms with Crippen LogP contribution in [-0.2, 0) is 0 Å². The van der Waals surface area contributed by atoms with Gasteiger partial charge in [0.25, 0.3) is 5.91 Å². The molecule has 1 aromatic rings. The van der Waals surface area contributed by atoms with E-state index < -0.39 is 0 Å². The van der Waals surface area contributed by atoms with Crippen molar-refractivity contribution in [1.29, 1.82) is 0 Å². The van der Waals surface area contributed by atoms with Crippen LogP contribution in [-0.4, -0.2) is 12.5 Å². The third-order valence-corrected chi connectivity index (χ3v) is 3.12. The Kier molecular flexibility index (Phi) is 5.00. The second-order valence-corrected chi connectivity index (χ2v) is 5.52. The van der Waals surface area contributed by atoms with Gasteiger partial charge in [-0.1, -0.05) is 29.8 Å². The van der Waals surface area contributed by atoms with Gasteiger partial charge < -0.3 is 11.1 Å². The highest BCUT2D eigenvalue weighted by atomic mass is 79.9. The molecule has 0 fully saturated rings. The summed E-state index contributed by atoms with van der Waals surface area (Å²) < 4.78 is 0.828. The molecular weight excluding hydrogens is 280 g/mol. The third-order valence-electron chi connectivity index (χ3n) is 2.66. The first-order valence-electron chi connectivity index (χ1n) is 5.75. The summed E-state index contributed by atoms with van der Waals surface area (Å²) in [5, 5.41) is 2.91. The summed E-state index contributed by atoms with van der Waals surface area (Å²) in [4.78, 5) is 12.0. The van der Waals surface area contributed by atoms with Gasteiger partial charge in [0.15, 0.2) is 0 Å². The van der Waals surface area contributed by atoms with Crippen LogP contribution in [0.3, 0.4) is 0 Å². The van der Waals surface area contributed by atoms with E-state index in [0.717, 1.165) is 16.5 Å². The number of carbonyl (C=O) groups is 1. The summed E-state index contributed by atoms with van der Waals surface area (Å²) in [5.74, 6) is 0.528. The van der Waals surface area contributed by atoms with Crippen LogP contribution in [0.5, 0.6) is 0 Å². The fourth-order valence-corrected chi connectivity index (χ4v) is 1.98. The average Bonchev–Trinajstić information content (AvgIpc) is 2.22. The van der Waals surface area contributed by atoms with Crippen LogP contribution in [0.25, 0.3) is 0 Å². The molecule has 1 aromatic carbocycles. The number of nitrogens with two attached hydrogens (primary N) is 1. The zero-order valence-corrected chi connectivity index (χ0v) is 12.1. The zero-order chi connectivity index (χ0) is 13.0. The summed E-state index contributed by atoms with van der Waals surface area (Å²) in [6.07, 6.45) is 0.980. The van der Waals surface area contributed by atoms with Crippen LogP contribution in [0, 0.1) is 12.8 Å². The van der Waals surface area contributed by atoms with Crippen molar-refractivity contribution in [3.8, 4) is 0 Å². The fraction of sp³-hybridized carbons (Fsp3) is 0.462. The van der Waals surface area contributed by atoms with Gasteiger partial charge in [0.1, 0.15) is 0 Å². The topological polar surface area (TPSA) is 55.1 Å². The van der Waals surface area contributed by atoms with Gasteiger partial charge in [-0.05, 0) is 37.0 Å². The smallest absolute Gasteiger partial charge is 0.251 e. The molecule has 0 saturated carbocycles. The number of benzene rings is 1. The van der Waals surface area contributed by atoms with Crippen molar-refractivity contribution in [3.63, 3.8) is 0 Å². The van der Waals surface area contributed by atoms with Crippen LogP contribution in [0.2, 0.25) is 0 Å². The first-order valence-corrected chi connectivity index (χ1v) is 6.55. The van der Waals surface area contributed by atoms with Gasteiger partial charge in [-0.15, -0.1) is 0 Å². The molecular formula is C13H19BrN2O. The van der Waals surface area contributed by atoms with Gasteiger partial charge in [-0.2, -0.15) is 0 Å². The number of carbonyl (C=O) groups excluding carboxylic acids is 1. The van der Waals surface area contributed by atoms with E-state index in [2.05, 4.69) is 35.1 Å². The van der Waals surface area contributed by atoms with Gasteiger partial charge in [-0.25, -0.2) is 0 Å². The monoisotopic (exact) mass is 298 g/mol. The number of nitrogens with one attached hydrogen (secondary N) is 1. The van der Waals surface area contributed by atoms with Crippen molar-refractivity contribution in [2.24, 2.45) is 5.92 Å². The van der Waals surface area contributed by atoms with Gasteiger partial charge >= 0.3 is 0 Å². The minimum absolute atomic E-state index is 0.0591. The molecule has 0 aliphatic heterocycles. The highest BCUT2D eigenvalue weighted by molar-refractivity contribution is 9.10. The van der Waals surface area contributed by atoms with Crippen molar-refractivity contribution >= 4 is 27.5 Å². The predicted octanol–water partition coefficient (Wildman–Crippen LogP) is 3.12. The van der Waals surface area contributed by atoms with Crippen LogP contribution < -0.4 is 11.1 Å². The van der Waals surface area contributed by atoms with E-state index >= 15 is 0 Å². The molecule has 3 nitrogen and oxygen atoms in total. The maximum atomic E-state index is 12.0. The molecule has 0 heterocycles. The Morgan fingerprint density at radius 2 is 2.12 bits per heavy atom. The van der Waals surface area contributed by atoms with Gasteiger partial charge in [0.05, 0.1) is 0 Å². The van der Waals surface area contributed by atoms with Crippen molar-refractivity contribution in [2.75, 3.05) is 12.3 Å². The molecule has 4 heteroatoms. The molecule has 1 rings (SSSR count). The molecule has 0 aliphatic carbocycles. The lowest BCUT2D eigenvalue weighted by Crippen LogP contribution is -2.26. The van der Waals surface area contributed by atoms with E-state index in [-0.39, 0.29) is 5.91 Å². The molecule has 1 amide bonds. The number of amides is 1. The third kappa shape index (κ3) is 4.04. The Morgan fingerprint density at radius 1 is 1.47 bits per heavy atom. The van der Waals surface area contributed by atoms with E-state index in [1.54, 1.807) is 12.1 Å². The lowest BCUT2D eigenvalue weighted by atomic mass is 10.1. The fourth-order valence-electron chi connectivity index (χ4n) is 1.51. The maximum absolute atomic E-state index is 12.0. The van der Waals surface area contributed by atoms with Gasteiger partial charge in [-0.3, -0.25) is 4.79 Å². The molecule has 3 N–H and O–H groups in total. The van der Waals surface area contributed by atoms with E-state index in [9.17, 15) is 4.79 Å². The molecule has 17 heavy (non-hydrogen) atoms. The normalized spacial score (nSPS) is 10.6. The summed E-state index contributed by atoms with van der Waals surface area (Å²) in [6.45, 7) is 6.82. The summed E-state index contributed by atoms with van der Waals surface area (Å²) >= 11 is 3.35. The Morgan fingerprint density at radius 3 is 2.71 bits per heavy atom. The molecule has 0 saturated heterocycles. The molecule has 0 spiro atoms. The van der Waals surface area contributed by atoms with E-state index in [1.165, 1.54) is 0 Å². The standard InChI is InChI=1S/C13H19BrN2O/c1-8(2)4-5-16-13(17)11-6-10(14)7-12(15)9(11)3/h6-8H,4-5,15H2,1-3H3,(H,16,17). The van der Waals surface area contributed by atoms with Crippen molar-refractivity contribution in [2.45, 2.75) is 27.2 Å². The van der Waals surface area contributed by atoms with Crippen molar-refractivity contribution < 1.29 is 4.79 Å². The lowest BCUT2D eigenvalue weighted by Gasteiger charge is -2.11. The molecule has 0 atom stereocenters. The Bertz CT molecular complexity index is 416. The van der Waals surface area contributed by atoms with E-state index in [4.69, 9.17) is 5.73 Å². The number of hydrogen-bond acceptors (Lipinski definition) is 2.